The van der Waals surface area contributed by atoms with Crippen molar-refractivity contribution in [1.29, 1.82) is 0 Å². The summed E-state index contributed by atoms with van der Waals surface area (Å²) in [4.78, 5) is 0. The standard InChI is InChI=1S/C19H20ClN3O2S/c1-3-10-21-19(26)23-22-12-15-6-9-17(18(11-15)24-2)25-13-14-4-7-16(20)8-5-14/h3-9,11-12H,1,10,13H2,2H3,(H2,21,23,26). The van der Waals surface area contributed by atoms with Crippen molar-refractivity contribution in [3.63, 3.8) is 0 Å². The minimum absolute atomic E-state index is 0.422. The largest absolute Gasteiger partial charge is 0.493 e. The van der Waals surface area contributed by atoms with E-state index >= 15 is 0 Å². The zero-order valence-corrected chi connectivity index (χ0v) is 15.9. The first kappa shape index (κ1) is 19.8. The fourth-order valence-electron chi connectivity index (χ4n) is 2.00. The number of halogens is 1. The van der Waals surface area contributed by atoms with Crippen LogP contribution in [0.4, 0.5) is 0 Å². The summed E-state index contributed by atoms with van der Waals surface area (Å²) < 4.78 is 11.2. The van der Waals surface area contributed by atoms with Crippen molar-refractivity contribution in [3.05, 3.63) is 71.3 Å². The maximum atomic E-state index is 5.89. The summed E-state index contributed by atoms with van der Waals surface area (Å²) in [5.41, 5.74) is 4.60. The lowest BCUT2D eigenvalue weighted by atomic mass is 10.2. The second kappa shape index (κ2) is 10.4. The van der Waals surface area contributed by atoms with Gasteiger partial charge in [0.1, 0.15) is 6.61 Å². The van der Waals surface area contributed by atoms with E-state index < -0.39 is 0 Å². The van der Waals surface area contributed by atoms with Gasteiger partial charge in [-0.3, -0.25) is 5.43 Å². The van der Waals surface area contributed by atoms with E-state index in [1.54, 1.807) is 19.4 Å². The van der Waals surface area contributed by atoms with Crippen molar-refractivity contribution >= 4 is 35.1 Å². The summed E-state index contributed by atoms with van der Waals surface area (Å²) in [6, 6.07) is 13.1. The van der Waals surface area contributed by atoms with Crippen molar-refractivity contribution in [1.82, 2.24) is 10.7 Å². The lowest BCUT2D eigenvalue weighted by Gasteiger charge is -2.11. The van der Waals surface area contributed by atoms with E-state index in [9.17, 15) is 0 Å². The molecule has 0 aliphatic carbocycles. The number of methoxy groups -OCH3 is 1. The summed E-state index contributed by atoms with van der Waals surface area (Å²) in [5.74, 6) is 1.27. The highest BCUT2D eigenvalue weighted by Crippen LogP contribution is 2.28. The first-order valence-corrected chi connectivity index (χ1v) is 8.64. The third-order valence-electron chi connectivity index (χ3n) is 3.28. The molecule has 7 heteroatoms. The SMILES string of the molecule is C=CCNC(=S)NN=Cc1ccc(OCc2ccc(Cl)cc2)c(OC)c1. The second-order valence-corrected chi connectivity index (χ2v) is 6.04. The van der Waals surface area contributed by atoms with Gasteiger partial charge in [0.25, 0.3) is 0 Å². The minimum atomic E-state index is 0.422. The molecule has 0 saturated heterocycles. The van der Waals surface area contributed by atoms with Gasteiger partial charge in [-0.2, -0.15) is 5.10 Å². The van der Waals surface area contributed by atoms with Gasteiger partial charge < -0.3 is 14.8 Å². The van der Waals surface area contributed by atoms with E-state index in [1.165, 1.54) is 0 Å². The third-order valence-corrected chi connectivity index (χ3v) is 3.77. The number of hydrazone groups is 1. The van der Waals surface area contributed by atoms with Crippen LogP contribution in [0.2, 0.25) is 5.02 Å². The van der Waals surface area contributed by atoms with Gasteiger partial charge in [-0.25, -0.2) is 0 Å². The number of nitrogens with zero attached hydrogens (tertiary/aromatic N) is 1. The molecule has 0 aliphatic heterocycles. The maximum absolute atomic E-state index is 5.89. The molecule has 0 bridgehead atoms. The molecule has 0 radical (unpaired) electrons. The Bertz CT molecular complexity index is 779. The Balaban J connectivity index is 1.96. The van der Waals surface area contributed by atoms with Crippen LogP contribution in [0.1, 0.15) is 11.1 Å². The summed E-state index contributed by atoms with van der Waals surface area (Å²) >= 11 is 10.9. The molecule has 2 aromatic carbocycles. The van der Waals surface area contributed by atoms with Gasteiger partial charge in [0.15, 0.2) is 16.6 Å². The molecule has 0 saturated carbocycles. The number of hydrogen-bond acceptors (Lipinski definition) is 4. The highest BCUT2D eigenvalue weighted by atomic mass is 35.5. The summed E-state index contributed by atoms with van der Waals surface area (Å²) in [6.45, 7) is 4.61. The molecule has 2 aromatic rings. The van der Waals surface area contributed by atoms with Crippen LogP contribution in [0.25, 0.3) is 0 Å². The predicted octanol–water partition coefficient (Wildman–Crippen LogP) is 3.91. The van der Waals surface area contributed by atoms with Crippen LogP contribution in [0.3, 0.4) is 0 Å². The Hall–Kier alpha value is -2.57. The topological polar surface area (TPSA) is 54.9 Å². The van der Waals surface area contributed by atoms with Gasteiger partial charge in [-0.05, 0) is 53.7 Å². The summed E-state index contributed by atoms with van der Waals surface area (Å²) in [7, 11) is 1.60. The van der Waals surface area contributed by atoms with Crippen LogP contribution < -0.4 is 20.2 Å². The van der Waals surface area contributed by atoms with E-state index in [0.717, 1.165) is 11.1 Å². The minimum Gasteiger partial charge on any atom is -0.493 e. The lowest BCUT2D eigenvalue weighted by Crippen LogP contribution is -2.31. The van der Waals surface area contributed by atoms with E-state index in [-0.39, 0.29) is 0 Å². The molecule has 0 aliphatic rings. The Labute approximate surface area is 163 Å². The van der Waals surface area contributed by atoms with Gasteiger partial charge in [0, 0.05) is 11.6 Å². The Morgan fingerprint density at radius 3 is 2.69 bits per heavy atom. The van der Waals surface area contributed by atoms with Gasteiger partial charge in [-0.1, -0.05) is 29.8 Å². The molecule has 0 aromatic heterocycles. The molecular formula is C19H20ClN3O2S. The van der Waals surface area contributed by atoms with Crippen LogP contribution in [0.5, 0.6) is 11.5 Å². The summed E-state index contributed by atoms with van der Waals surface area (Å²) in [6.07, 6.45) is 3.36. The quantitative estimate of drug-likeness (QED) is 0.310. The van der Waals surface area contributed by atoms with Crippen LogP contribution >= 0.6 is 23.8 Å². The molecule has 2 N–H and O–H groups in total. The number of rotatable bonds is 8. The average Bonchev–Trinajstić information content (AvgIpc) is 2.66. The molecular weight excluding hydrogens is 370 g/mol. The lowest BCUT2D eigenvalue weighted by molar-refractivity contribution is 0.284. The van der Waals surface area contributed by atoms with Crippen LogP contribution in [0, 0.1) is 0 Å². The average molecular weight is 390 g/mol. The fraction of sp³-hybridized carbons (Fsp3) is 0.158. The van der Waals surface area contributed by atoms with E-state index in [2.05, 4.69) is 22.4 Å². The number of nitrogens with one attached hydrogen (secondary N) is 2. The van der Waals surface area contributed by atoms with E-state index in [4.69, 9.17) is 33.3 Å². The van der Waals surface area contributed by atoms with Crippen molar-refractivity contribution < 1.29 is 9.47 Å². The number of hydrogen-bond donors (Lipinski definition) is 2. The second-order valence-electron chi connectivity index (χ2n) is 5.19. The fourth-order valence-corrected chi connectivity index (χ4v) is 2.26. The van der Waals surface area contributed by atoms with Crippen molar-refractivity contribution in [2.45, 2.75) is 6.61 Å². The molecule has 0 spiro atoms. The molecule has 0 heterocycles. The smallest absolute Gasteiger partial charge is 0.187 e. The molecule has 2 rings (SSSR count). The van der Waals surface area contributed by atoms with Crippen molar-refractivity contribution in [2.24, 2.45) is 5.10 Å². The van der Waals surface area contributed by atoms with Gasteiger partial charge >= 0.3 is 0 Å². The highest BCUT2D eigenvalue weighted by Gasteiger charge is 2.06. The zero-order chi connectivity index (χ0) is 18.8. The molecule has 0 fully saturated rings. The normalized spacial score (nSPS) is 10.4. The van der Waals surface area contributed by atoms with E-state index in [0.29, 0.717) is 34.8 Å². The highest BCUT2D eigenvalue weighted by molar-refractivity contribution is 7.80. The number of ether oxygens (including phenoxy) is 2. The number of benzene rings is 2. The molecule has 26 heavy (non-hydrogen) atoms. The van der Waals surface area contributed by atoms with Crippen molar-refractivity contribution in [2.75, 3.05) is 13.7 Å². The molecule has 0 unspecified atom stereocenters. The van der Waals surface area contributed by atoms with Crippen molar-refractivity contribution in [3.8, 4) is 11.5 Å². The van der Waals surface area contributed by atoms with Gasteiger partial charge in [0.2, 0.25) is 0 Å². The predicted molar refractivity (Wildman–Crippen MR) is 110 cm³/mol. The maximum Gasteiger partial charge on any atom is 0.187 e. The van der Waals surface area contributed by atoms with Gasteiger partial charge in [-0.15, -0.1) is 6.58 Å². The Morgan fingerprint density at radius 2 is 2.00 bits per heavy atom. The zero-order valence-electron chi connectivity index (χ0n) is 14.4. The van der Waals surface area contributed by atoms with Crippen LogP contribution in [0.15, 0.2) is 60.2 Å². The number of thiocarbonyl (C=S) groups is 1. The molecule has 0 atom stereocenters. The van der Waals surface area contributed by atoms with Crippen LogP contribution in [-0.2, 0) is 6.61 Å². The van der Waals surface area contributed by atoms with Gasteiger partial charge in [0.05, 0.1) is 13.3 Å². The first-order chi connectivity index (χ1) is 12.6. The Morgan fingerprint density at radius 1 is 1.23 bits per heavy atom. The third kappa shape index (κ3) is 6.38. The monoisotopic (exact) mass is 389 g/mol. The molecule has 0 amide bonds. The Kier molecular flexibility index (Phi) is 7.92. The van der Waals surface area contributed by atoms with E-state index in [1.807, 2.05) is 42.5 Å². The first-order valence-electron chi connectivity index (χ1n) is 7.85. The molecule has 136 valence electrons. The summed E-state index contributed by atoms with van der Waals surface area (Å²) in [5, 5.41) is 8.12. The molecule has 5 nitrogen and oxygen atoms in total. The van der Waals surface area contributed by atoms with Crippen LogP contribution in [-0.4, -0.2) is 25.0 Å².